The molecule has 0 aliphatic carbocycles. The Bertz CT molecular complexity index is 1290. The average Bonchev–Trinajstić information content (AvgIpc) is 3.11. The smallest absolute Gasteiger partial charge is 0.354 e. The predicted octanol–water partition coefficient (Wildman–Crippen LogP) is 2.58. The van der Waals surface area contributed by atoms with Crippen molar-refractivity contribution in [2.45, 2.75) is 0 Å². The molecule has 0 saturated carbocycles. The number of nitrogens with one attached hydrogen (secondary N) is 1. The second-order valence-electron chi connectivity index (χ2n) is 5.46. The number of H-pyrrole nitrogens is 1. The second kappa shape index (κ2) is 5.33. The van der Waals surface area contributed by atoms with Crippen molar-refractivity contribution in [1.29, 1.82) is 0 Å². The van der Waals surface area contributed by atoms with Crippen LogP contribution in [0, 0.1) is 0 Å². The summed E-state index contributed by atoms with van der Waals surface area (Å²) in [5, 5.41) is 12.1. The third-order valence-corrected chi connectivity index (χ3v) is 5.21. The van der Waals surface area contributed by atoms with Crippen LogP contribution in [-0.4, -0.2) is 25.2 Å². The lowest BCUT2D eigenvalue weighted by Gasteiger charge is -2.06. The maximum atomic E-state index is 12.8. The molecule has 0 bridgehead atoms. The molecule has 1 aromatic carbocycles. The number of carboxylic acids is 1. The molecule has 3 aromatic heterocycles. The van der Waals surface area contributed by atoms with E-state index in [0.29, 0.717) is 26.1 Å². The minimum atomic E-state index is -1.25. The zero-order valence-corrected chi connectivity index (χ0v) is 14.3. The van der Waals surface area contributed by atoms with Gasteiger partial charge in [0.2, 0.25) is 0 Å². The molecule has 0 atom stereocenters. The first-order chi connectivity index (χ1) is 11.9. The number of halogens is 1. The van der Waals surface area contributed by atoms with Gasteiger partial charge in [-0.1, -0.05) is 11.6 Å². The van der Waals surface area contributed by atoms with Crippen molar-refractivity contribution in [2.75, 3.05) is 0 Å². The fourth-order valence-electron chi connectivity index (χ4n) is 3.01. The molecule has 0 spiro atoms. The molecule has 0 amide bonds. The molecule has 0 aliphatic heterocycles. The maximum Gasteiger partial charge on any atom is 0.354 e. The van der Waals surface area contributed by atoms with E-state index in [1.807, 2.05) is 0 Å². The first kappa shape index (κ1) is 15.7. The van der Waals surface area contributed by atoms with Crippen LogP contribution in [0.3, 0.4) is 0 Å². The summed E-state index contributed by atoms with van der Waals surface area (Å²) in [6, 6.07) is 6.44. The molecule has 0 aliphatic rings. The van der Waals surface area contributed by atoms with E-state index in [2.05, 4.69) is 4.98 Å². The van der Waals surface area contributed by atoms with Crippen LogP contribution in [0.5, 0.6) is 0 Å². The molecule has 7 nitrogen and oxygen atoms in total. The molecular formula is C16H10ClN3O4S. The molecule has 25 heavy (non-hydrogen) atoms. The number of thiophene rings is 1. The van der Waals surface area contributed by atoms with Crippen molar-refractivity contribution in [3.8, 4) is 5.69 Å². The van der Waals surface area contributed by atoms with E-state index in [4.69, 9.17) is 11.6 Å². The maximum absolute atomic E-state index is 12.8. The molecule has 126 valence electrons. The van der Waals surface area contributed by atoms with Gasteiger partial charge in [0.1, 0.15) is 4.70 Å². The lowest BCUT2D eigenvalue weighted by molar-refractivity contribution is 0.0687. The van der Waals surface area contributed by atoms with Crippen LogP contribution >= 0.6 is 22.9 Å². The molecule has 4 rings (SSSR count). The van der Waals surface area contributed by atoms with E-state index in [-0.39, 0.29) is 11.4 Å². The Kier molecular flexibility index (Phi) is 3.34. The van der Waals surface area contributed by atoms with E-state index in [1.54, 1.807) is 36.7 Å². The van der Waals surface area contributed by atoms with Crippen molar-refractivity contribution < 1.29 is 9.90 Å². The van der Waals surface area contributed by atoms with E-state index in [9.17, 15) is 19.5 Å². The number of aryl methyl sites for hydroxylation is 1. The largest absolute Gasteiger partial charge is 0.477 e. The van der Waals surface area contributed by atoms with Crippen LogP contribution in [0.1, 0.15) is 10.5 Å². The zero-order valence-electron chi connectivity index (χ0n) is 12.7. The Balaban J connectivity index is 2.27. The third kappa shape index (κ3) is 2.15. The minimum absolute atomic E-state index is 0.00838. The Morgan fingerprint density at radius 3 is 2.76 bits per heavy atom. The van der Waals surface area contributed by atoms with Gasteiger partial charge in [0.25, 0.3) is 5.56 Å². The van der Waals surface area contributed by atoms with Crippen LogP contribution in [0.25, 0.3) is 26.8 Å². The van der Waals surface area contributed by atoms with Gasteiger partial charge in [-0.05, 0) is 29.6 Å². The Labute approximate surface area is 148 Å². The number of benzene rings is 1. The van der Waals surface area contributed by atoms with Crippen molar-refractivity contribution in [3.05, 3.63) is 61.2 Å². The lowest BCUT2D eigenvalue weighted by atomic mass is 10.2. The quantitative estimate of drug-likeness (QED) is 0.562. The summed E-state index contributed by atoms with van der Waals surface area (Å²) < 4.78 is 2.63. The molecule has 3 heterocycles. The highest BCUT2D eigenvalue weighted by Crippen LogP contribution is 2.30. The Morgan fingerprint density at radius 1 is 1.28 bits per heavy atom. The number of aromatic nitrogens is 3. The van der Waals surface area contributed by atoms with Crippen molar-refractivity contribution >= 4 is 50.0 Å². The van der Waals surface area contributed by atoms with Crippen LogP contribution < -0.4 is 11.2 Å². The summed E-state index contributed by atoms with van der Waals surface area (Å²) in [5.74, 6) is -1.25. The SMILES string of the molecule is Cn1c(C(=O)O)c(-n2c(=O)[nH]c3ccsc3c2=O)c2cc(Cl)ccc21. The van der Waals surface area contributed by atoms with Gasteiger partial charge in [-0.15, -0.1) is 11.3 Å². The molecule has 0 fully saturated rings. The number of aromatic amines is 1. The second-order valence-corrected chi connectivity index (χ2v) is 6.81. The van der Waals surface area contributed by atoms with Gasteiger partial charge in [0.15, 0.2) is 5.69 Å². The summed E-state index contributed by atoms with van der Waals surface area (Å²) in [7, 11) is 1.56. The summed E-state index contributed by atoms with van der Waals surface area (Å²) in [5.41, 5.74) is -0.454. The highest BCUT2D eigenvalue weighted by atomic mass is 35.5. The fourth-order valence-corrected chi connectivity index (χ4v) is 3.96. The number of carbonyl (C=O) groups is 1. The van der Waals surface area contributed by atoms with Crippen LogP contribution in [0.2, 0.25) is 5.02 Å². The zero-order chi connectivity index (χ0) is 17.9. The van der Waals surface area contributed by atoms with Gasteiger partial charge < -0.3 is 14.7 Å². The van der Waals surface area contributed by atoms with E-state index >= 15 is 0 Å². The van der Waals surface area contributed by atoms with Crippen LogP contribution in [-0.2, 0) is 7.05 Å². The number of hydrogen-bond donors (Lipinski definition) is 2. The van der Waals surface area contributed by atoms with Gasteiger partial charge >= 0.3 is 11.7 Å². The van der Waals surface area contributed by atoms with Crippen LogP contribution in [0.4, 0.5) is 0 Å². The molecule has 9 heteroatoms. The summed E-state index contributed by atoms with van der Waals surface area (Å²) in [6.07, 6.45) is 0. The Morgan fingerprint density at radius 2 is 2.04 bits per heavy atom. The molecular weight excluding hydrogens is 366 g/mol. The van der Waals surface area contributed by atoms with Gasteiger partial charge in [-0.3, -0.25) is 4.79 Å². The van der Waals surface area contributed by atoms with E-state index in [0.717, 1.165) is 4.57 Å². The minimum Gasteiger partial charge on any atom is -0.477 e. The number of nitrogens with zero attached hydrogens (tertiary/aromatic N) is 2. The number of hydrogen-bond acceptors (Lipinski definition) is 4. The van der Waals surface area contributed by atoms with Gasteiger partial charge in [0, 0.05) is 17.5 Å². The van der Waals surface area contributed by atoms with Gasteiger partial charge in [-0.25, -0.2) is 14.2 Å². The molecule has 0 saturated heterocycles. The first-order valence-corrected chi connectivity index (χ1v) is 8.40. The van der Waals surface area contributed by atoms with E-state index < -0.39 is 17.2 Å². The molecule has 4 aromatic rings. The number of carboxylic acid groups (broad SMARTS) is 1. The lowest BCUT2D eigenvalue weighted by Crippen LogP contribution is -2.34. The summed E-state index contributed by atoms with van der Waals surface area (Å²) in [4.78, 5) is 39.8. The van der Waals surface area contributed by atoms with Gasteiger partial charge in [-0.2, -0.15) is 0 Å². The normalized spacial score (nSPS) is 11.4. The van der Waals surface area contributed by atoms with Crippen molar-refractivity contribution in [2.24, 2.45) is 7.05 Å². The highest BCUT2D eigenvalue weighted by molar-refractivity contribution is 7.17. The Hall–Kier alpha value is -2.84. The van der Waals surface area contributed by atoms with E-state index in [1.165, 1.54) is 15.9 Å². The standard InChI is InChI=1S/C16H10ClN3O4S/c1-19-10-3-2-7(17)6-8(10)11(12(19)15(22)23)20-14(21)13-9(4-5-25-13)18-16(20)24/h2-6H,1H3,(H,18,24)(H,22,23). The monoisotopic (exact) mass is 375 g/mol. The fraction of sp³-hybridized carbons (Fsp3) is 0.0625. The number of fused-ring (bicyclic) bond motifs is 2. The average molecular weight is 376 g/mol. The number of aromatic carboxylic acids is 1. The van der Waals surface area contributed by atoms with Crippen LogP contribution in [0.15, 0.2) is 39.2 Å². The molecule has 0 unspecified atom stereocenters. The third-order valence-electron chi connectivity index (χ3n) is 4.07. The number of rotatable bonds is 2. The van der Waals surface area contributed by atoms with Crippen molar-refractivity contribution in [1.82, 2.24) is 14.1 Å². The first-order valence-electron chi connectivity index (χ1n) is 7.14. The predicted molar refractivity (Wildman–Crippen MR) is 96.5 cm³/mol. The highest BCUT2D eigenvalue weighted by Gasteiger charge is 2.25. The topological polar surface area (TPSA) is 97.1 Å². The summed E-state index contributed by atoms with van der Waals surface area (Å²) in [6.45, 7) is 0. The summed E-state index contributed by atoms with van der Waals surface area (Å²) >= 11 is 7.23. The molecule has 0 radical (unpaired) electrons. The van der Waals surface area contributed by atoms with Crippen molar-refractivity contribution in [3.63, 3.8) is 0 Å². The molecule has 2 N–H and O–H groups in total. The van der Waals surface area contributed by atoms with Gasteiger partial charge in [0.05, 0.1) is 16.7 Å².